The zero-order chi connectivity index (χ0) is 12.9. The van der Waals surface area contributed by atoms with E-state index >= 15 is 0 Å². The number of alkyl halides is 3. The summed E-state index contributed by atoms with van der Waals surface area (Å²) in [4.78, 5) is 11.6. The van der Waals surface area contributed by atoms with Gasteiger partial charge in [0.15, 0.2) is 0 Å². The predicted molar refractivity (Wildman–Crippen MR) is 58.2 cm³/mol. The third-order valence-electron chi connectivity index (χ3n) is 3.19. The number of nitrogens with two attached hydrogens (primary N) is 1. The highest BCUT2D eigenvalue weighted by atomic mass is 19.4. The molecule has 0 aromatic carbocycles. The molecule has 0 aromatic heterocycles. The smallest absolute Gasteiger partial charge is 0.347 e. The summed E-state index contributed by atoms with van der Waals surface area (Å²) < 4.78 is 35.8. The van der Waals surface area contributed by atoms with E-state index in [1.54, 1.807) is 0 Å². The largest absolute Gasteiger partial charge is 0.405 e. The van der Waals surface area contributed by atoms with Gasteiger partial charge in [0.25, 0.3) is 0 Å². The van der Waals surface area contributed by atoms with E-state index in [0.29, 0.717) is 25.3 Å². The molecule has 1 aliphatic rings. The highest BCUT2D eigenvalue weighted by Gasteiger charge is 2.31. The molecule has 2 atom stereocenters. The van der Waals surface area contributed by atoms with Gasteiger partial charge in [-0.25, -0.2) is 0 Å². The van der Waals surface area contributed by atoms with Crippen LogP contribution in [0.5, 0.6) is 0 Å². The van der Waals surface area contributed by atoms with Crippen LogP contribution in [0.25, 0.3) is 0 Å². The van der Waals surface area contributed by atoms with Gasteiger partial charge in [-0.2, -0.15) is 13.2 Å². The summed E-state index contributed by atoms with van der Waals surface area (Å²) in [6.45, 7) is -0.661. The zero-order valence-electron chi connectivity index (χ0n) is 9.72. The number of nitrogens with one attached hydrogen (secondary N) is 1. The molecule has 3 nitrogen and oxygen atoms in total. The normalized spacial score (nSPS) is 25.6. The van der Waals surface area contributed by atoms with Crippen LogP contribution in [0.1, 0.15) is 32.1 Å². The van der Waals surface area contributed by atoms with Crippen molar-refractivity contribution in [3.63, 3.8) is 0 Å². The summed E-state index contributed by atoms with van der Waals surface area (Å²) >= 11 is 0. The van der Waals surface area contributed by atoms with Crippen LogP contribution in [0.4, 0.5) is 13.2 Å². The fourth-order valence-electron chi connectivity index (χ4n) is 2.36. The molecule has 3 N–H and O–H groups in total. The van der Waals surface area contributed by atoms with E-state index in [-0.39, 0.29) is 5.92 Å². The van der Waals surface area contributed by atoms with E-state index < -0.39 is 18.6 Å². The molecule has 1 aliphatic carbocycles. The van der Waals surface area contributed by atoms with Crippen LogP contribution >= 0.6 is 0 Å². The number of hydrogen-bond acceptors (Lipinski definition) is 2. The van der Waals surface area contributed by atoms with E-state index in [9.17, 15) is 18.0 Å². The number of hydrogen-bond donors (Lipinski definition) is 2. The van der Waals surface area contributed by atoms with Crippen LogP contribution in [-0.2, 0) is 4.79 Å². The molecule has 1 rings (SSSR count). The van der Waals surface area contributed by atoms with Gasteiger partial charge in [0.1, 0.15) is 6.54 Å². The van der Waals surface area contributed by atoms with Crippen LogP contribution in [0, 0.1) is 11.8 Å². The van der Waals surface area contributed by atoms with Crippen LogP contribution < -0.4 is 11.1 Å². The Hall–Kier alpha value is -0.780. The van der Waals surface area contributed by atoms with Gasteiger partial charge in [0, 0.05) is 5.92 Å². The second-order valence-corrected chi connectivity index (χ2v) is 4.64. The van der Waals surface area contributed by atoms with Gasteiger partial charge in [0.05, 0.1) is 0 Å². The van der Waals surface area contributed by atoms with Crippen LogP contribution in [-0.4, -0.2) is 25.2 Å². The molecule has 1 saturated carbocycles. The Morgan fingerprint density at radius 3 is 2.65 bits per heavy atom. The van der Waals surface area contributed by atoms with Gasteiger partial charge in [-0.05, 0) is 31.7 Å². The molecule has 0 aliphatic heterocycles. The predicted octanol–water partition coefficient (Wildman–Crippen LogP) is 1.82. The standard InChI is InChI=1S/C11H19F3N2O/c12-11(13,14)7-16-10(17)9-3-1-2-8(6-9)4-5-15/h8-9H,1-7,15H2,(H,16,17). The molecule has 0 spiro atoms. The lowest BCUT2D eigenvalue weighted by Gasteiger charge is -2.28. The fraction of sp³-hybridized carbons (Fsp3) is 0.909. The van der Waals surface area contributed by atoms with Gasteiger partial charge < -0.3 is 11.1 Å². The van der Waals surface area contributed by atoms with Crippen LogP contribution in [0.2, 0.25) is 0 Å². The van der Waals surface area contributed by atoms with Crippen molar-refractivity contribution in [2.45, 2.75) is 38.3 Å². The Labute approximate surface area is 98.9 Å². The minimum atomic E-state index is -4.33. The first-order chi connectivity index (χ1) is 7.92. The topological polar surface area (TPSA) is 55.1 Å². The molecule has 0 bridgehead atoms. The Bertz CT molecular complexity index is 254. The molecule has 0 radical (unpaired) electrons. The fourth-order valence-corrected chi connectivity index (χ4v) is 2.36. The zero-order valence-corrected chi connectivity index (χ0v) is 9.72. The van der Waals surface area contributed by atoms with Gasteiger partial charge in [0.2, 0.25) is 5.91 Å². The van der Waals surface area contributed by atoms with Crippen molar-refractivity contribution in [3.8, 4) is 0 Å². The number of carbonyl (C=O) groups excluding carboxylic acids is 1. The molecular formula is C11H19F3N2O. The lowest BCUT2D eigenvalue weighted by Crippen LogP contribution is -2.39. The van der Waals surface area contributed by atoms with Crippen molar-refractivity contribution >= 4 is 5.91 Å². The van der Waals surface area contributed by atoms with Gasteiger partial charge in [-0.3, -0.25) is 4.79 Å². The SMILES string of the molecule is NCCC1CCCC(C(=O)NCC(F)(F)F)C1. The summed E-state index contributed by atoms with van der Waals surface area (Å²) in [7, 11) is 0. The van der Waals surface area contributed by atoms with Crippen molar-refractivity contribution in [1.29, 1.82) is 0 Å². The van der Waals surface area contributed by atoms with E-state index in [0.717, 1.165) is 19.3 Å². The quantitative estimate of drug-likeness (QED) is 0.802. The lowest BCUT2D eigenvalue weighted by molar-refractivity contribution is -0.141. The van der Waals surface area contributed by atoms with Crippen molar-refractivity contribution in [2.75, 3.05) is 13.1 Å². The molecular weight excluding hydrogens is 233 g/mol. The first-order valence-electron chi connectivity index (χ1n) is 5.97. The molecule has 100 valence electrons. The van der Waals surface area contributed by atoms with Crippen molar-refractivity contribution in [3.05, 3.63) is 0 Å². The molecule has 2 unspecified atom stereocenters. The number of carbonyl (C=O) groups is 1. The van der Waals surface area contributed by atoms with Crippen LogP contribution in [0.3, 0.4) is 0 Å². The van der Waals surface area contributed by atoms with Gasteiger partial charge in [-0.15, -0.1) is 0 Å². The maximum absolute atomic E-state index is 11.9. The summed E-state index contributed by atoms with van der Waals surface area (Å²) in [5.41, 5.74) is 5.45. The van der Waals surface area contributed by atoms with Gasteiger partial charge in [-0.1, -0.05) is 12.8 Å². The molecule has 6 heteroatoms. The summed E-state index contributed by atoms with van der Waals surface area (Å²) in [5.74, 6) is -0.359. The third-order valence-corrected chi connectivity index (χ3v) is 3.19. The van der Waals surface area contributed by atoms with E-state index in [1.165, 1.54) is 0 Å². The first-order valence-corrected chi connectivity index (χ1v) is 5.97. The molecule has 0 heterocycles. The van der Waals surface area contributed by atoms with Crippen molar-refractivity contribution in [1.82, 2.24) is 5.32 Å². The number of amides is 1. The van der Waals surface area contributed by atoms with E-state index in [4.69, 9.17) is 5.73 Å². The Balaban J connectivity index is 2.36. The minimum Gasteiger partial charge on any atom is -0.347 e. The highest BCUT2D eigenvalue weighted by Crippen LogP contribution is 2.31. The number of halogens is 3. The lowest BCUT2D eigenvalue weighted by atomic mass is 9.79. The minimum absolute atomic E-state index is 0.275. The molecule has 1 fully saturated rings. The second-order valence-electron chi connectivity index (χ2n) is 4.64. The Morgan fingerprint density at radius 2 is 2.06 bits per heavy atom. The monoisotopic (exact) mass is 252 g/mol. The number of rotatable bonds is 4. The van der Waals surface area contributed by atoms with E-state index in [2.05, 4.69) is 0 Å². The summed E-state index contributed by atoms with van der Waals surface area (Å²) in [6.07, 6.45) is -0.204. The van der Waals surface area contributed by atoms with Gasteiger partial charge >= 0.3 is 6.18 Å². The summed E-state index contributed by atoms with van der Waals surface area (Å²) in [5, 5.41) is 1.96. The Morgan fingerprint density at radius 1 is 1.35 bits per heavy atom. The highest BCUT2D eigenvalue weighted by molar-refractivity contribution is 5.78. The van der Waals surface area contributed by atoms with Crippen molar-refractivity contribution in [2.24, 2.45) is 17.6 Å². The molecule has 1 amide bonds. The average Bonchev–Trinajstić information content (AvgIpc) is 2.26. The van der Waals surface area contributed by atoms with Crippen LogP contribution in [0.15, 0.2) is 0 Å². The average molecular weight is 252 g/mol. The first kappa shape index (κ1) is 14.3. The molecule has 0 saturated heterocycles. The Kier molecular flexibility index (Phi) is 5.24. The molecule has 0 aromatic rings. The maximum Gasteiger partial charge on any atom is 0.405 e. The molecule has 17 heavy (non-hydrogen) atoms. The van der Waals surface area contributed by atoms with Crippen molar-refractivity contribution < 1.29 is 18.0 Å². The summed E-state index contributed by atoms with van der Waals surface area (Å²) in [6, 6.07) is 0. The van der Waals surface area contributed by atoms with E-state index in [1.807, 2.05) is 5.32 Å². The second kappa shape index (κ2) is 6.23. The maximum atomic E-state index is 11.9. The third kappa shape index (κ3) is 5.39.